The van der Waals surface area contributed by atoms with Crippen molar-refractivity contribution in [2.45, 2.75) is 38.1 Å². The molecular weight excluding hydrogens is 314 g/mol. The highest BCUT2D eigenvalue weighted by molar-refractivity contribution is 5.53. The van der Waals surface area contributed by atoms with E-state index in [1.165, 1.54) is 40.7 Å². The highest BCUT2D eigenvalue weighted by Gasteiger charge is 2.44. The van der Waals surface area contributed by atoms with Gasteiger partial charge >= 0.3 is 0 Å². The molecule has 1 N–H and O–H groups in total. The van der Waals surface area contributed by atoms with Crippen LogP contribution in [0, 0.1) is 13.8 Å². The van der Waals surface area contributed by atoms with E-state index < -0.39 is 0 Å². The number of nitrogens with one attached hydrogen (secondary N) is 1. The third-order valence-electron chi connectivity index (χ3n) is 5.83. The van der Waals surface area contributed by atoms with Crippen LogP contribution >= 0.6 is 0 Å². The Morgan fingerprint density at radius 1 is 0.692 bits per heavy atom. The van der Waals surface area contributed by atoms with Gasteiger partial charge in [0.05, 0.1) is 5.41 Å². The molecule has 1 heterocycles. The van der Waals surface area contributed by atoms with E-state index in [1.54, 1.807) is 0 Å². The first kappa shape index (κ1) is 17.1. The SMILES string of the molecule is Cc1ccc(C(c2ccccc2)(c2ccc(C)cc2)C2CCCN2)cc1. The molecule has 0 bridgehead atoms. The van der Waals surface area contributed by atoms with Crippen molar-refractivity contribution in [1.29, 1.82) is 0 Å². The minimum absolute atomic E-state index is 0.167. The molecule has 1 saturated heterocycles. The van der Waals surface area contributed by atoms with E-state index >= 15 is 0 Å². The zero-order chi connectivity index (χ0) is 18.0. The molecule has 0 radical (unpaired) electrons. The average molecular weight is 341 g/mol. The van der Waals surface area contributed by atoms with Crippen molar-refractivity contribution in [3.05, 3.63) is 107 Å². The van der Waals surface area contributed by atoms with E-state index in [0.717, 1.165) is 6.54 Å². The fourth-order valence-electron chi connectivity index (χ4n) is 4.49. The Hall–Kier alpha value is -2.38. The summed E-state index contributed by atoms with van der Waals surface area (Å²) in [6.45, 7) is 5.41. The number of rotatable bonds is 4. The molecule has 3 aromatic carbocycles. The van der Waals surface area contributed by atoms with Crippen LogP contribution in [0.25, 0.3) is 0 Å². The molecule has 1 aliphatic heterocycles. The highest BCUT2D eigenvalue weighted by atomic mass is 15.0. The lowest BCUT2D eigenvalue weighted by atomic mass is 9.64. The molecule has 0 aliphatic carbocycles. The largest absolute Gasteiger partial charge is 0.312 e. The van der Waals surface area contributed by atoms with Gasteiger partial charge in [-0.3, -0.25) is 0 Å². The van der Waals surface area contributed by atoms with Crippen molar-refractivity contribution in [2.75, 3.05) is 6.54 Å². The summed E-state index contributed by atoms with van der Waals surface area (Å²) in [5.74, 6) is 0. The van der Waals surface area contributed by atoms with Gasteiger partial charge in [-0.2, -0.15) is 0 Å². The van der Waals surface area contributed by atoms with E-state index in [2.05, 4.69) is 98.0 Å². The molecule has 1 aliphatic rings. The highest BCUT2D eigenvalue weighted by Crippen LogP contribution is 2.44. The second kappa shape index (κ2) is 7.09. The van der Waals surface area contributed by atoms with Crippen LogP contribution in [0.5, 0.6) is 0 Å². The zero-order valence-electron chi connectivity index (χ0n) is 15.7. The van der Waals surface area contributed by atoms with Gasteiger partial charge in [0.1, 0.15) is 0 Å². The lowest BCUT2D eigenvalue weighted by Gasteiger charge is -2.41. The minimum atomic E-state index is -0.167. The Labute approximate surface area is 157 Å². The van der Waals surface area contributed by atoms with Gasteiger partial charge in [-0.15, -0.1) is 0 Å². The Morgan fingerprint density at radius 3 is 1.65 bits per heavy atom. The Kier molecular flexibility index (Phi) is 4.65. The van der Waals surface area contributed by atoms with Crippen LogP contribution in [-0.2, 0) is 5.41 Å². The molecule has 1 heteroatoms. The number of aryl methyl sites for hydroxylation is 2. The first-order chi connectivity index (χ1) is 12.7. The Morgan fingerprint density at radius 2 is 1.19 bits per heavy atom. The van der Waals surface area contributed by atoms with Crippen molar-refractivity contribution < 1.29 is 0 Å². The van der Waals surface area contributed by atoms with Crippen LogP contribution in [0.4, 0.5) is 0 Å². The first-order valence-electron chi connectivity index (χ1n) is 9.64. The maximum Gasteiger partial charge on any atom is 0.0604 e. The summed E-state index contributed by atoms with van der Waals surface area (Å²) >= 11 is 0. The van der Waals surface area contributed by atoms with Crippen LogP contribution in [0.2, 0.25) is 0 Å². The minimum Gasteiger partial charge on any atom is -0.312 e. The van der Waals surface area contributed by atoms with Crippen molar-refractivity contribution >= 4 is 0 Å². The first-order valence-corrected chi connectivity index (χ1v) is 9.64. The smallest absolute Gasteiger partial charge is 0.0604 e. The van der Waals surface area contributed by atoms with E-state index in [9.17, 15) is 0 Å². The Bertz CT molecular complexity index is 795. The molecule has 0 spiro atoms. The third kappa shape index (κ3) is 2.87. The molecule has 1 unspecified atom stereocenters. The summed E-state index contributed by atoms with van der Waals surface area (Å²) < 4.78 is 0. The van der Waals surface area contributed by atoms with Crippen LogP contribution in [0.1, 0.15) is 40.7 Å². The van der Waals surface area contributed by atoms with Crippen molar-refractivity contribution in [1.82, 2.24) is 5.32 Å². The summed E-state index contributed by atoms with van der Waals surface area (Å²) in [5.41, 5.74) is 6.55. The van der Waals surface area contributed by atoms with Gasteiger partial charge in [-0.1, -0.05) is 90.0 Å². The zero-order valence-corrected chi connectivity index (χ0v) is 15.7. The summed E-state index contributed by atoms with van der Waals surface area (Å²) in [4.78, 5) is 0. The third-order valence-corrected chi connectivity index (χ3v) is 5.83. The summed E-state index contributed by atoms with van der Waals surface area (Å²) in [7, 11) is 0. The maximum absolute atomic E-state index is 3.82. The number of hydrogen-bond donors (Lipinski definition) is 1. The molecule has 0 aromatic heterocycles. The maximum atomic E-state index is 3.82. The molecule has 26 heavy (non-hydrogen) atoms. The average Bonchev–Trinajstić information content (AvgIpc) is 3.21. The van der Waals surface area contributed by atoms with Crippen LogP contribution < -0.4 is 5.32 Å². The fraction of sp³-hybridized carbons (Fsp3) is 0.280. The summed E-state index contributed by atoms with van der Waals surface area (Å²) in [6.07, 6.45) is 2.42. The van der Waals surface area contributed by atoms with Crippen LogP contribution in [0.3, 0.4) is 0 Å². The van der Waals surface area contributed by atoms with Crippen molar-refractivity contribution in [3.8, 4) is 0 Å². The van der Waals surface area contributed by atoms with Crippen LogP contribution in [-0.4, -0.2) is 12.6 Å². The topological polar surface area (TPSA) is 12.0 Å². The van der Waals surface area contributed by atoms with E-state index in [1.807, 2.05) is 0 Å². The normalized spacial score (nSPS) is 17.4. The van der Waals surface area contributed by atoms with Crippen LogP contribution in [0.15, 0.2) is 78.9 Å². The monoisotopic (exact) mass is 341 g/mol. The lowest BCUT2D eigenvalue weighted by molar-refractivity contribution is 0.435. The van der Waals surface area contributed by atoms with E-state index in [4.69, 9.17) is 0 Å². The van der Waals surface area contributed by atoms with E-state index in [0.29, 0.717) is 6.04 Å². The molecule has 4 rings (SSSR count). The Balaban J connectivity index is 2.02. The summed E-state index contributed by atoms with van der Waals surface area (Å²) in [5, 5.41) is 3.82. The van der Waals surface area contributed by atoms with Gasteiger partial charge < -0.3 is 5.32 Å². The van der Waals surface area contributed by atoms with E-state index in [-0.39, 0.29) is 5.41 Å². The van der Waals surface area contributed by atoms with Crippen molar-refractivity contribution in [3.63, 3.8) is 0 Å². The van der Waals surface area contributed by atoms with Gasteiger partial charge in [0.25, 0.3) is 0 Å². The van der Waals surface area contributed by atoms with Gasteiger partial charge in [0, 0.05) is 6.04 Å². The predicted molar refractivity (Wildman–Crippen MR) is 110 cm³/mol. The number of benzene rings is 3. The fourth-order valence-corrected chi connectivity index (χ4v) is 4.49. The van der Waals surface area contributed by atoms with Gasteiger partial charge in [0.15, 0.2) is 0 Å². The van der Waals surface area contributed by atoms with Crippen molar-refractivity contribution in [2.24, 2.45) is 0 Å². The van der Waals surface area contributed by atoms with Gasteiger partial charge in [0.2, 0.25) is 0 Å². The standard InChI is InChI=1S/C25H27N/c1-19-10-14-22(15-11-19)25(24-9-6-18-26-24,21-7-4-3-5-8-21)23-16-12-20(2)13-17-23/h3-5,7-8,10-17,24,26H,6,9,18H2,1-2H3. The quantitative estimate of drug-likeness (QED) is 0.627. The predicted octanol–water partition coefficient (Wildman–Crippen LogP) is 5.39. The molecule has 1 atom stereocenters. The summed E-state index contributed by atoms with van der Waals surface area (Å²) in [6, 6.07) is 29.7. The molecule has 1 fully saturated rings. The molecular formula is C25H27N. The second-order valence-corrected chi connectivity index (χ2v) is 7.56. The molecule has 0 saturated carbocycles. The van der Waals surface area contributed by atoms with Gasteiger partial charge in [-0.25, -0.2) is 0 Å². The molecule has 132 valence electrons. The molecule has 1 nitrogen and oxygen atoms in total. The molecule has 0 amide bonds. The lowest BCUT2D eigenvalue weighted by Crippen LogP contribution is -2.47. The number of hydrogen-bond acceptors (Lipinski definition) is 1. The van der Waals surface area contributed by atoms with Gasteiger partial charge in [-0.05, 0) is 49.9 Å². The second-order valence-electron chi connectivity index (χ2n) is 7.56. The molecule has 3 aromatic rings.